The number of nitrogens with one attached hydrogen (secondary N) is 1. The summed E-state index contributed by atoms with van der Waals surface area (Å²) in [4.78, 5) is 9.89. The summed E-state index contributed by atoms with van der Waals surface area (Å²) in [5.74, 6) is 0. The number of hydrogen-bond donors (Lipinski definition) is 1. The SMILES string of the molecule is O=CCOS(=O)(=O)Nc1ccccc1. The zero-order valence-electron chi connectivity index (χ0n) is 7.21. The standard InChI is InChI=1S/C8H9NO4S/c10-6-7-13-14(11,12)9-8-4-2-1-3-5-8/h1-6,9H,7H2. The van der Waals surface area contributed by atoms with Gasteiger partial charge in [-0.25, -0.2) is 4.18 Å². The summed E-state index contributed by atoms with van der Waals surface area (Å²) < 4.78 is 28.6. The Hall–Kier alpha value is -1.40. The molecular weight excluding hydrogens is 206 g/mol. The molecule has 0 unspecified atom stereocenters. The lowest BCUT2D eigenvalue weighted by atomic mass is 10.3. The Bertz CT molecular complexity index is 387. The van der Waals surface area contributed by atoms with Crippen molar-refractivity contribution in [3.63, 3.8) is 0 Å². The van der Waals surface area contributed by atoms with Gasteiger partial charge in [0.1, 0.15) is 12.9 Å². The second-order valence-corrected chi connectivity index (χ2v) is 3.72. The summed E-state index contributed by atoms with van der Waals surface area (Å²) in [6, 6.07) is 8.25. The molecule has 0 spiro atoms. The van der Waals surface area contributed by atoms with Crippen LogP contribution >= 0.6 is 0 Å². The molecule has 1 N–H and O–H groups in total. The lowest BCUT2D eigenvalue weighted by Gasteiger charge is -2.05. The number of aldehydes is 1. The van der Waals surface area contributed by atoms with E-state index in [1.165, 1.54) is 0 Å². The molecule has 0 heterocycles. The summed E-state index contributed by atoms with van der Waals surface area (Å²) in [5.41, 5.74) is 0.387. The molecule has 0 saturated carbocycles. The van der Waals surface area contributed by atoms with Crippen LogP contribution in [0.2, 0.25) is 0 Å². The van der Waals surface area contributed by atoms with Gasteiger partial charge in [-0.2, -0.15) is 8.42 Å². The molecule has 0 amide bonds. The monoisotopic (exact) mass is 215 g/mol. The summed E-state index contributed by atoms with van der Waals surface area (Å²) in [7, 11) is -3.88. The highest BCUT2D eigenvalue weighted by molar-refractivity contribution is 7.88. The van der Waals surface area contributed by atoms with Crippen molar-refractivity contribution in [2.45, 2.75) is 0 Å². The zero-order valence-corrected chi connectivity index (χ0v) is 8.03. The second-order valence-electron chi connectivity index (χ2n) is 2.37. The van der Waals surface area contributed by atoms with Crippen LogP contribution in [0.15, 0.2) is 30.3 Å². The van der Waals surface area contributed by atoms with Crippen LogP contribution in [0.4, 0.5) is 5.69 Å². The van der Waals surface area contributed by atoms with Gasteiger partial charge in [-0.05, 0) is 12.1 Å². The van der Waals surface area contributed by atoms with E-state index in [9.17, 15) is 13.2 Å². The van der Waals surface area contributed by atoms with Gasteiger partial charge in [-0.3, -0.25) is 4.72 Å². The Balaban J connectivity index is 2.64. The van der Waals surface area contributed by atoms with Crippen molar-refractivity contribution in [3.05, 3.63) is 30.3 Å². The van der Waals surface area contributed by atoms with Gasteiger partial charge in [0.25, 0.3) is 0 Å². The normalized spacial score (nSPS) is 10.9. The van der Waals surface area contributed by atoms with Gasteiger partial charge >= 0.3 is 10.3 Å². The second kappa shape index (κ2) is 4.73. The number of anilines is 1. The Morgan fingerprint density at radius 1 is 1.29 bits per heavy atom. The summed E-state index contributed by atoms with van der Waals surface area (Å²) in [5, 5.41) is 0. The molecule has 1 aromatic rings. The van der Waals surface area contributed by atoms with Crippen LogP contribution in [0.3, 0.4) is 0 Å². The third-order valence-electron chi connectivity index (χ3n) is 1.31. The van der Waals surface area contributed by atoms with Crippen molar-refractivity contribution in [2.24, 2.45) is 0 Å². The van der Waals surface area contributed by atoms with E-state index in [2.05, 4.69) is 8.91 Å². The highest BCUT2D eigenvalue weighted by Gasteiger charge is 2.09. The largest absolute Gasteiger partial charge is 0.360 e. The third kappa shape index (κ3) is 3.55. The number of benzene rings is 1. The summed E-state index contributed by atoms with van der Waals surface area (Å²) >= 11 is 0. The summed E-state index contributed by atoms with van der Waals surface area (Å²) in [6.07, 6.45) is 0.365. The smallest absolute Gasteiger partial charge is 0.301 e. The van der Waals surface area contributed by atoms with Gasteiger partial charge in [-0.15, -0.1) is 0 Å². The van der Waals surface area contributed by atoms with Crippen molar-refractivity contribution in [3.8, 4) is 0 Å². The number of rotatable bonds is 5. The Morgan fingerprint density at radius 2 is 1.93 bits per heavy atom. The van der Waals surface area contributed by atoms with Crippen molar-refractivity contribution in [2.75, 3.05) is 11.3 Å². The van der Waals surface area contributed by atoms with E-state index < -0.39 is 16.9 Å². The van der Waals surface area contributed by atoms with Gasteiger partial charge in [-0.1, -0.05) is 18.2 Å². The Morgan fingerprint density at radius 3 is 2.50 bits per heavy atom. The molecule has 1 aromatic carbocycles. The highest BCUT2D eigenvalue weighted by Crippen LogP contribution is 2.07. The minimum Gasteiger partial charge on any atom is -0.301 e. The molecule has 14 heavy (non-hydrogen) atoms. The molecule has 0 fully saturated rings. The minimum atomic E-state index is -3.88. The predicted octanol–water partition coefficient (Wildman–Crippen LogP) is 0.559. The number of para-hydroxylation sites is 1. The highest BCUT2D eigenvalue weighted by atomic mass is 32.2. The van der Waals surface area contributed by atoms with E-state index >= 15 is 0 Å². The summed E-state index contributed by atoms with van der Waals surface area (Å²) in [6.45, 7) is -0.484. The van der Waals surface area contributed by atoms with E-state index in [1.807, 2.05) is 0 Å². The molecule has 76 valence electrons. The quantitative estimate of drug-likeness (QED) is 0.728. The van der Waals surface area contributed by atoms with Crippen molar-refractivity contribution in [1.82, 2.24) is 0 Å². The Kier molecular flexibility index (Phi) is 3.61. The van der Waals surface area contributed by atoms with Crippen LogP contribution < -0.4 is 4.72 Å². The van der Waals surface area contributed by atoms with E-state index in [4.69, 9.17) is 0 Å². The lowest BCUT2D eigenvalue weighted by molar-refractivity contribution is -0.109. The maximum atomic E-state index is 11.1. The van der Waals surface area contributed by atoms with Gasteiger partial charge in [0.05, 0.1) is 5.69 Å². The fraction of sp³-hybridized carbons (Fsp3) is 0.125. The first-order chi connectivity index (χ1) is 6.64. The first-order valence-corrected chi connectivity index (χ1v) is 5.21. The molecule has 0 aromatic heterocycles. The van der Waals surface area contributed by atoms with E-state index in [-0.39, 0.29) is 0 Å². The molecule has 0 aliphatic heterocycles. The third-order valence-corrected chi connectivity index (χ3v) is 2.24. The van der Waals surface area contributed by atoms with E-state index in [0.717, 1.165) is 0 Å². The number of hydrogen-bond acceptors (Lipinski definition) is 4. The first kappa shape index (κ1) is 10.7. The van der Waals surface area contributed by atoms with Gasteiger partial charge in [0.15, 0.2) is 0 Å². The topological polar surface area (TPSA) is 72.5 Å². The molecule has 6 heteroatoms. The fourth-order valence-corrected chi connectivity index (χ4v) is 1.52. The average molecular weight is 215 g/mol. The maximum Gasteiger partial charge on any atom is 0.360 e. The Labute approximate surface area is 82.0 Å². The molecule has 0 saturated heterocycles. The van der Waals surface area contributed by atoms with Crippen LogP contribution in [0, 0.1) is 0 Å². The minimum absolute atomic E-state index is 0.365. The van der Waals surface area contributed by atoms with E-state index in [1.54, 1.807) is 30.3 Å². The molecule has 0 bridgehead atoms. The first-order valence-electron chi connectivity index (χ1n) is 3.80. The van der Waals surface area contributed by atoms with Crippen molar-refractivity contribution in [1.29, 1.82) is 0 Å². The van der Waals surface area contributed by atoms with Crippen LogP contribution in [-0.4, -0.2) is 21.3 Å². The van der Waals surface area contributed by atoms with Gasteiger partial charge in [0.2, 0.25) is 0 Å². The van der Waals surface area contributed by atoms with Gasteiger partial charge in [0, 0.05) is 0 Å². The zero-order chi connectivity index (χ0) is 10.4. The molecule has 0 radical (unpaired) electrons. The van der Waals surface area contributed by atoms with E-state index in [0.29, 0.717) is 12.0 Å². The average Bonchev–Trinajstić information content (AvgIpc) is 2.16. The van der Waals surface area contributed by atoms with Crippen LogP contribution in [0.1, 0.15) is 0 Å². The molecule has 0 aliphatic rings. The van der Waals surface area contributed by atoms with Crippen molar-refractivity contribution < 1.29 is 17.4 Å². The van der Waals surface area contributed by atoms with Crippen LogP contribution in [0.5, 0.6) is 0 Å². The lowest BCUT2D eigenvalue weighted by Crippen LogP contribution is -2.17. The van der Waals surface area contributed by atoms with Gasteiger partial charge < -0.3 is 4.79 Å². The maximum absolute atomic E-state index is 11.1. The fourth-order valence-electron chi connectivity index (χ4n) is 0.797. The molecular formula is C8H9NO4S. The number of carbonyl (C=O) groups is 1. The van der Waals surface area contributed by atoms with Crippen LogP contribution in [0.25, 0.3) is 0 Å². The molecule has 1 rings (SSSR count). The molecule has 0 atom stereocenters. The van der Waals surface area contributed by atoms with Crippen LogP contribution in [-0.2, 0) is 19.3 Å². The molecule has 5 nitrogen and oxygen atoms in total. The van der Waals surface area contributed by atoms with Crippen molar-refractivity contribution >= 4 is 22.3 Å². The number of carbonyl (C=O) groups excluding carboxylic acids is 1. The predicted molar refractivity (Wildman–Crippen MR) is 51.0 cm³/mol. The molecule has 0 aliphatic carbocycles.